The second kappa shape index (κ2) is 5.09. The molecule has 2 aliphatic rings. The zero-order valence-electron chi connectivity index (χ0n) is 11.0. The molecule has 2 N–H and O–H groups in total. The Hall–Kier alpha value is -1.56. The molecule has 1 aromatic carbocycles. The van der Waals surface area contributed by atoms with E-state index >= 15 is 0 Å². The fourth-order valence-corrected chi connectivity index (χ4v) is 3.48. The number of nitrogens with two attached hydrogens (primary N) is 1. The zero-order chi connectivity index (χ0) is 14.3. The minimum atomic E-state index is -0.0167. The molecule has 2 saturated heterocycles. The van der Waals surface area contributed by atoms with E-state index in [1.165, 1.54) is 0 Å². The van der Waals surface area contributed by atoms with E-state index in [1.807, 2.05) is 9.80 Å². The molecule has 0 radical (unpaired) electrons. The molecule has 1 atom stereocenters. The second-order valence-corrected chi connectivity index (χ2v) is 6.22. The number of carbonyl (C=O) groups is 2. The highest BCUT2D eigenvalue weighted by molar-refractivity contribution is 9.10. The van der Waals surface area contributed by atoms with Crippen LogP contribution in [0.5, 0.6) is 0 Å². The van der Waals surface area contributed by atoms with E-state index in [0.29, 0.717) is 37.3 Å². The summed E-state index contributed by atoms with van der Waals surface area (Å²) in [7, 11) is 0. The van der Waals surface area contributed by atoms with Gasteiger partial charge in [0, 0.05) is 47.8 Å². The smallest absolute Gasteiger partial charge is 0.254 e. The normalized spacial score (nSPS) is 22.1. The van der Waals surface area contributed by atoms with Gasteiger partial charge in [0.1, 0.15) is 0 Å². The number of nitrogen functional groups attached to an aromatic ring is 1. The van der Waals surface area contributed by atoms with Gasteiger partial charge in [0.05, 0.1) is 0 Å². The van der Waals surface area contributed by atoms with Crippen LogP contribution < -0.4 is 5.73 Å². The number of hydrogen-bond donors (Lipinski definition) is 1. The zero-order valence-corrected chi connectivity index (χ0v) is 12.6. The lowest BCUT2D eigenvalue weighted by atomic mass is 10.1. The average molecular weight is 338 g/mol. The first-order chi connectivity index (χ1) is 9.54. The number of fused-ring (bicyclic) bond motifs is 1. The third kappa shape index (κ3) is 2.40. The molecule has 3 rings (SSSR count). The molecule has 0 aromatic heterocycles. The summed E-state index contributed by atoms with van der Waals surface area (Å²) >= 11 is 3.35. The number of piperazine rings is 1. The molecule has 2 fully saturated rings. The summed E-state index contributed by atoms with van der Waals surface area (Å²) in [5, 5.41) is 0. The maximum atomic E-state index is 12.5. The lowest BCUT2D eigenvalue weighted by Gasteiger charge is -2.37. The summed E-state index contributed by atoms with van der Waals surface area (Å²) in [6.07, 6.45) is 1.46. The average Bonchev–Trinajstić information content (AvgIpc) is 2.78. The number of carbonyl (C=O) groups excluding carboxylic acids is 2. The third-order valence-electron chi connectivity index (χ3n) is 3.95. The van der Waals surface area contributed by atoms with Gasteiger partial charge in [-0.2, -0.15) is 0 Å². The largest absolute Gasteiger partial charge is 0.399 e. The monoisotopic (exact) mass is 337 g/mol. The molecule has 20 heavy (non-hydrogen) atoms. The van der Waals surface area contributed by atoms with Gasteiger partial charge in [-0.15, -0.1) is 0 Å². The van der Waals surface area contributed by atoms with Gasteiger partial charge in [0.15, 0.2) is 0 Å². The first-order valence-electron chi connectivity index (χ1n) is 6.69. The van der Waals surface area contributed by atoms with Crippen molar-refractivity contribution >= 4 is 33.4 Å². The molecule has 0 spiro atoms. The molecule has 6 heteroatoms. The fourth-order valence-electron chi connectivity index (χ4n) is 2.97. The number of nitrogens with zero attached hydrogens (tertiary/aromatic N) is 2. The molecule has 1 aromatic rings. The van der Waals surface area contributed by atoms with Crippen LogP contribution >= 0.6 is 15.9 Å². The van der Waals surface area contributed by atoms with E-state index in [-0.39, 0.29) is 17.9 Å². The summed E-state index contributed by atoms with van der Waals surface area (Å²) in [5.74, 6) is 0.200. The van der Waals surface area contributed by atoms with Crippen LogP contribution in [0.15, 0.2) is 22.7 Å². The maximum Gasteiger partial charge on any atom is 0.254 e. The van der Waals surface area contributed by atoms with Crippen LogP contribution in [0.3, 0.4) is 0 Å². The van der Waals surface area contributed by atoms with Crippen LogP contribution in [0.1, 0.15) is 23.2 Å². The number of amides is 2. The Morgan fingerprint density at radius 1 is 1.30 bits per heavy atom. The van der Waals surface area contributed by atoms with E-state index in [2.05, 4.69) is 15.9 Å². The van der Waals surface area contributed by atoms with Crippen LogP contribution in [-0.2, 0) is 4.79 Å². The first kappa shape index (κ1) is 13.4. The number of benzene rings is 1. The molecule has 2 amide bonds. The number of anilines is 1. The van der Waals surface area contributed by atoms with Gasteiger partial charge >= 0.3 is 0 Å². The number of rotatable bonds is 1. The minimum Gasteiger partial charge on any atom is -0.399 e. The molecule has 0 bridgehead atoms. The Morgan fingerprint density at radius 3 is 2.85 bits per heavy atom. The lowest BCUT2D eigenvalue weighted by Crippen LogP contribution is -2.53. The van der Waals surface area contributed by atoms with Gasteiger partial charge in [-0.25, -0.2) is 0 Å². The Morgan fingerprint density at radius 2 is 2.10 bits per heavy atom. The third-order valence-corrected chi connectivity index (χ3v) is 4.41. The molecule has 106 valence electrons. The van der Waals surface area contributed by atoms with Gasteiger partial charge in [-0.1, -0.05) is 15.9 Å². The molecule has 5 nitrogen and oxygen atoms in total. The predicted molar refractivity (Wildman–Crippen MR) is 79.2 cm³/mol. The summed E-state index contributed by atoms with van der Waals surface area (Å²) in [4.78, 5) is 27.9. The van der Waals surface area contributed by atoms with E-state index in [4.69, 9.17) is 5.73 Å². The molecular weight excluding hydrogens is 322 g/mol. The summed E-state index contributed by atoms with van der Waals surface area (Å²) in [6, 6.07) is 5.43. The quantitative estimate of drug-likeness (QED) is 0.789. The van der Waals surface area contributed by atoms with Crippen molar-refractivity contribution in [2.75, 3.05) is 25.4 Å². The number of halogens is 1. The van der Waals surface area contributed by atoms with Gasteiger partial charge in [0.25, 0.3) is 5.91 Å². The minimum absolute atomic E-state index is 0.0167. The Kier molecular flexibility index (Phi) is 3.41. The van der Waals surface area contributed by atoms with Crippen molar-refractivity contribution < 1.29 is 9.59 Å². The van der Waals surface area contributed by atoms with Crippen molar-refractivity contribution in [3.05, 3.63) is 28.2 Å². The molecule has 1 unspecified atom stereocenters. The molecular formula is C14H16BrN3O2. The van der Waals surface area contributed by atoms with Gasteiger partial charge in [0.2, 0.25) is 5.91 Å². The van der Waals surface area contributed by atoms with Crippen molar-refractivity contribution in [3.63, 3.8) is 0 Å². The van der Waals surface area contributed by atoms with Crippen molar-refractivity contribution in [2.45, 2.75) is 18.9 Å². The molecule has 2 aliphatic heterocycles. The second-order valence-electron chi connectivity index (χ2n) is 5.30. The van der Waals surface area contributed by atoms with E-state index < -0.39 is 0 Å². The van der Waals surface area contributed by atoms with Crippen LogP contribution in [0.2, 0.25) is 0 Å². The highest BCUT2D eigenvalue weighted by Crippen LogP contribution is 2.25. The Balaban J connectivity index is 1.76. The van der Waals surface area contributed by atoms with Crippen LogP contribution in [0.4, 0.5) is 5.69 Å². The van der Waals surface area contributed by atoms with Crippen molar-refractivity contribution in [1.82, 2.24) is 9.80 Å². The first-order valence-corrected chi connectivity index (χ1v) is 7.49. The van der Waals surface area contributed by atoms with E-state index in [9.17, 15) is 9.59 Å². The van der Waals surface area contributed by atoms with Gasteiger partial charge in [-0.3, -0.25) is 9.59 Å². The Bertz CT molecular complexity index is 555. The van der Waals surface area contributed by atoms with E-state index in [0.717, 1.165) is 10.9 Å². The lowest BCUT2D eigenvalue weighted by molar-refractivity contribution is -0.130. The molecule has 0 saturated carbocycles. The Labute approximate surface area is 125 Å². The van der Waals surface area contributed by atoms with Crippen LogP contribution in [0, 0.1) is 0 Å². The van der Waals surface area contributed by atoms with E-state index in [1.54, 1.807) is 18.2 Å². The highest BCUT2D eigenvalue weighted by atomic mass is 79.9. The van der Waals surface area contributed by atoms with Crippen molar-refractivity contribution in [2.24, 2.45) is 0 Å². The molecule has 2 heterocycles. The molecule has 0 aliphatic carbocycles. The maximum absolute atomic E-state index is 12.5. The van der Waals surface area contributed by atoms with Gasteiger partial charge in [-0.05, 0) is 24.6 Å². The summed E-state index contributed by atoms with van der Waals surface area (Å²) in [5.41, 5.74) is 6.94. The van der Waals surface area contributed by atoms with Crippen LogP contribution in [0.25, 0.3) is 0 Å². The fraction of sp³-hybridized carbons (Fsp3) is 0.429. The van der Waals surface area contributed by atoms with Gasteiger partial charge < -0.3 is 15.5 Å². The van der Waals surface area contributed by atoms with Crippen LogP contribution in [-0.4, -0.2) is 47.3 Å². The topological polar surface area (TPSA) is 66.6 Å². The standard InChI is InChI=1S/C14H16BrN3O2/c15-10-5-9(6-11(16)7-10)14(20)17-3-4-18-12(8-17)1-2-13(18)19/h5-7,12H,1-4,8,16H2. The summed E-state index contributed by atoms with van der Waals surface area (Å²) < 4.78 is 0.801. The highest BCUT2D eigenvalue weighted by Gasteiger charge is 2.37. The van der Waals surface area contributed by atoms with Crippen molar-refractivity contribution in [1.29, 1.82) is 0 Å². The SMILES string of the molecule is Nc1cc(Br)cc(C(=O)N2CCN3C(=O)CCC3C2)c1. The number of hydrogen-bond acceptors (Lipinski definition) is 3. The predicted octanol–water partition coefficient (Wildman–Crippen LogP) is 1.48. The summed E-state index contributed by atoms with van der Waals surface area (Å²) in [6.45, 7) is 1.85. The van der Waals surface area contributed by atoms with Crippen molar-refractivity contribution in [3.8, 4) is 0 Å².